The highest BCUT2D eigenvalue weighted by Gasteiger charge is 2.47. The molecule has 0 aliphatic carbocycles. The van der Waals surface area contributed by atoms with Crippen LogP contribution in [-0.4, -0.2) is 26.2 Å². The first kappa shape index (κ1) is 63.6. The van der Waals surface area contributed by atoms with Crippen molar-refractivity contribution in [3.63, 3.8) is 0 Å². The van der Waals surface area contributed by atoms with Crippen molar-refractivity contribution in [3.8, 4) is 84.4 Å². The Balaban J connectivity index is 1.09. The van der Waals surface area contributed by atoms with Gasteiger partial charge >= 0.3 is 0 Å². The topological polar surface area (TPSA) is 50.1 Å². The van der Waals surface area contributed by atoms with Gasteiger partial charge in [0.15, 0.2) is 17.5 Å². The summed E-state index contributed by atoms with van der Waals surface area (Å²) in [4.78, 5) is 21.9. The Hall–Kier alpha value is -11.7. The Morgan fingerprint density at radius 3 is 1.11 bits per heavy atom. The first-order valence-electron chi connectivity index (χ1n) is 40.4. The molecule has 2 aliphatic rings. The minimum absolute atomic E-state index is 0.130. The molecule has 15 aromatic rings. The van der Waals surface area contributed by atoms with Gasteiger partial charge in [-0.2, -0.15) is 0 Å². The lowest BCUT2D eigenvalue weighted by Crippen LogP contribution is -2.61. The monoisotopic (exact) mass is 1410 g/mol. The Labute approximate surface area is 645 Å². The summed E-state index contributed by atoms with van der Waals surface area (Å²) < 4.78 is 49.2. The molecule has 2 aromatic heterocycles. The maximum atomic E-state index is 9.73. The summed E-state index contributed by atoms with van der Waals surface area (Å²) in [5, 5.41) is 2.34. The van der Waals surface area contributed by atoms with Crippen molar-refractivity contribution in [2.24, 2.45) is 0 Å². The molecule has 2 aliphatic heterocycles. The van der Waals surface area contributed by atoms with Crippen LogP contribution < -0.4 is 26.2 Å². The lowest BCUT2D eigenvalue weighted by Gasteiger charge is -2.46. The molecule has 0 bridgehead atoms. The van der Waals surface area contributed by atoms with Gasteiger partial charge in [0.2, 0.25) is 0 Å². The van der Waals surface area contributed by atoms with E-state index in [0.29, 0.717) is 23.0 Å². The van der Waals surface area contributed by atoms with Crippen LogP contribution in [0.2, 0.25) is 0 Å². The van der Waals surface area contributed by atoms with E-state index in [2.05, 4.69) is 337 Å². The predicted octanol–water partition coefficient (Wildman–Crippen LogP) is 25.2. The summed E-state index contributed by atoms with van der Waals surface area (Å²) in [7, 11) is 0. The third kappa shape index (κ3) is 12.3. The average molecular weight is 1410 g/mol. The van der Waals surface area contributed by atoms with E-state index >= 15 is 0 Å². The number of aromatic nitrogens is 4. The SMILES string of the molecule is [2H]c1c([2H])c([2H])c(-c2ccc3c(c2)B2c4ccc(-n5c6ccc(C(C)(C)C)cc6c6cc(C(C)(C)C)ccc65)cc4N(c4c(-c5ccccc5)cc(C(C)(C)C)cc4-c4nc(-c5ccccc5)nc(-c5ccccc5)n4)c4cc(C(C)(C)C)cc(c42)N3c2c(-c3ccccc3)cc(C(C)(C)C)cc2-c2ccccc2)c([2H])c1[2H]. The first-order chi connectivity index (χ1) is 53.8. The highest BCUT2D eigenvalue weighted by molar-refractivity contribution is 7.00. The fourth-order valence-electron chi connectivity index (χ4n) is 16.1. The maximum absolute atomic E-state index is 9.73. The molecule has 17 rings (SSSR count). The summed E-state index contributed by atoms with van der Waals surface area (Å²) in [6.45, 7) is 33.8. The van der Waals surface area contributed by atoms with Crippen molar-refractivity contribution in [2.75, 3.05) is 9.80 Å². The average Bonchev–Trinajstić information content (AvgIpc) is 0.890. The largest absolute Gasteiger partial charge is 0.310 e. The molecule has 0 saturated carbocycles. The van der Waals surface area contributed by atoms with Crippen molar-refractivity contribution in [1.29, 1.82) is 0 Å². The van der Waals surface area contributed by atoms with Crippen molar-refractivity contribution in [2.45, 2.75) is 131 Å². The molecule has 7 heteroatoms. The van der Waals surface area contributed by atoms with Gasteiger partial charge in [0, 0.05) is 72.6 Å². The first-order valence-corrected chi connectivity index (χ1v) is 37.9. The van der Waals surface area contributed by atoms with Gasteiger partial charge in [-0.05, 0) is 178 Å². The molecule has 0 spiro atoms. The molecule has 4 heterocycles. The highest BCUT2D eigenvalue weighted by Crippen LogP contribution is 2.56. The summed E-state index contributed by atoms with van der Waals surface area (Å²) >= 11 is 0. The van der Waals surface area contributed by atoms with E-state index in [9.17, 15) is 5.48 Å². The molecule has 6 nitrogen and oxygen atoms in total. The van der Waals surface area contributed by atoms with Crippen molar-refractivity contribution < 1.29 is 6.85 Å². The second-order valence-electron chi connectivity index (χ2n) is 34.6. The van der Waals surface area contributed by atoms with Gasteiger partial charge in [-0.3, -0.25) is 0 Å². The molecule has 0 unspecified atom stereocenters. The van der Waals surface area contributed by atoms with E-state index < -0.39 is 35.7 Å². The molecule has 108 heavy (non-hydrogen) atoms. The zero-order chi connectivity index (χ0) is 79.3. The van der Waals surface area contributed by atoms with Crippen LogP contribution >= 0.6 is 0 Å². The van der Waals surface area contributed by atoms with Gasteiger partial charge in [0.25, 0.3) is 6.71 Å². The summed E-state index contributed by atoms with van der Waals surface area (Å²) in [6, 6.07) is 92.9. The number of nitrogens with zero attached hydrogens (tertiary/aromatic N) is 6. The fraction of sp³-hybridized carbons (Fsp3) is 0.198. The van der Waals surface area contributed by atoms with E-state index in [1.165, 1.54) is 27.5 Å². The third-order valence-corrected chi connectivity index (χ3v) is 22.1. The molecule has 0 amide bonds. The van der Waals surface area contributed by atoms with Crippen LogP contribution in [-0.2, 0) is 27.1 Å². The smallest absolute Gasteiger partial charge is 0.252 e. The second-order valence-corrected chi connectivity index (χ2v) is 34.6. The van der Waals surface area contributed by atoms with Gasteiger partial charge in [-0.25, -0.2) is 15.0 Å². The van der Waals surface area contributed by atoms with Gasteiger partial charge < -0.3 is 14.4 Å². The van der Waals surface area contributed by atoms with E-state index in [4.69, 9.17) is 16.3 Å². The second kappa shape index (κ2) is 26.1. The number of benzene rings is 13. The number of rotatable bonds is 10. The normalized spacial score (nSPS) is 13.7. The fourth-order valence-corrected chi connectivity index (χ4v) is 16.1. The maximum Gasteiger partial charge on any atom is 0.252 e. The zero-order valence-corrected chi connectivity index (χ0v) is 64.6. The summed E-state index contributed by atoms with van der Waals surface area (Å²) in [5.41, 5.74) is 25.2. The van der Waals surface area contributed by atoms with Gasteiger partial charge in [-0.1, -0.05) is 316 Å². The number of fused-ring (bicyclic) bond motifs is 7. The Morgan fingerprint density at radius 1 is 0.287 bits per heavy atom. The third-order valence-electron chi connectivity index (χ3n) is 22.1. The highest BCUT2D eigenvalue weighted by atomic mass is 15.2. The molecule has 0 N–H and O–H groups in total. The number of hydrogen-bond acceptors (Lipinski definition) is 5. The van der Waals surface area contributed by atoms with Gasteiger partial charge in [0.05, 0.1) is 29.3 Å². The van der Waals surface area contributed by atoms with Crippen LogP contribution in [0.15, 0.2) is 291 Å². The van der Waals surface area contributed by atoms with E-state index in [0.717, 1.165) is 128 Å². The van der Waals surface area contributed by atoms with Crippen LogP contribution in [0.4, 0.5) is 34.1 Å². The number of anilines is 6. The van der Waals surface area contributed by atoms with Crippen LogP contribution in [0, 0.1) is 0 Å². The van der Waals surface area contributed by atoms with E-state index in [-0.39, 0.29) is 33.9 Å². The molecule has 0 atom stereocenters. The molecule has 0 fully saturated rings. The van der Waals surface area contributed by atoms with Crippen LogP contribution in [0.25, 0.3) is 106 Å². The molecule has 13 aromatic carbocycles. The Morgan fingerprint density at radius 2 is 0.676 bits per heavy atom. The lowest BCUT2D eigenvalue weighted by molar-refractivity contribution is 0.590. The van der Waals surface area contributed by atoms with Crippen LogP contribution in [0.1, 0.15) is 139 Å². The number of hydrogen-bond donors (Lipinski definition) is 0. The van der Waals surface area contributed by atoms with E-state index in [1.807, 2.05) is 42.5 Å². The van der Waals surface area contributed by atoms with Crippen molar-refractivity contribution in [1.82, 2.24) is 19.5 Å². The summed E-state index contributed by atoms with van der Waals surface area (Å²) in [5.74, 6) is 1.57. The van der Waals surface area contributed by atoms with Crippen LogP contribution in [0.3, 0.4) is 0 Å². The van der Waals surface area contributed by atoms with Crippen molar-refractivity contribution >= 4 is 79.0 Å². The Bertz CT molecular complexity index is 6100. The van der Waals surface area contributed by atoms with Crippen molar-refractivity contribution in [3.05, 3.63) is 319 Å². The van der Waals surface area contributed by atoms with Gasteiger partial charge in [-0.15, -0.1) is 0 Å². The lowest BCUT2D eigenvalue weighted by atomic mass is 9.33. The quantitative estimate of drug-likeness (QED) is 0.128. The van der Waals surface area contributed by atoms with Crippen LogP contribution in [0.5, 0.6) is 0 Å². The standard InChI is InChI=1S/C101H93BN6/c1-97(2,3)71-47-52-85-80(55-71)81-56-72(98(4,5)6)48-53-86(81)106(85)76-49-50-83-88(63-76)108(93-79(67-40-28-19-29-41-67)59-74(100(10,11)12)60-82(93)96-104-94(68-42-30-20-31-43-68)103-95(105-96)69-44-32-21-33-45-69)90-62-75(101(13,14)15)61-89-91(90)102(83)84-54-70(64-34-22-16-23-35-64)46-51-87(84)107(89)92-77(65-36-24-17-25-37-65)57-73(99(7,8)9)58-78(92)66-38-26-18-27-39-66/h16-63H,1-15H3/i16D,22D,23D,34D,35D. The van der Waals surface area contributed by atoms with E-state index in [1.54, 1.807) is 0 Å². The minimum Gasteiger partial charge on any atom is -0.310 e. The molecule has 530 valence electrons. The molecular weight excluding hydrogens is 1310 g/mol. The summed E-state index contributed by atoms with van der Waals surface area (Å²) in [6.07, 6.45) is 0. The molecular formula is C101H93BN6. The molecule has 0 saturated heterocycles. The Kier molecular flexibility index (Phi) is 15.4. The molecule has 0 radical (unpaired) electrons. The minimum atomic E-state index is -0.565. The predicted molar refractivity (Wildman–Crippen MR) is 460 cm³/mol. The zero-order valence-electron chi connectivity index (χ0n) is 69.6. The van der Waals surface area contributed by atoms with Gasteiger partial charge in [0.1, 0.15) is 0 Å².